The Balaban J connectivity index is 2.78. The van der Waals surface area contributed by atoms with E-state index >= 15 is 0 Å². The Morgan fingerprint density at radius 1 is 1.26 bits per heavy atom. The third-order valence-corrected chi connectivity index (χ3v) is 3.46. The highest BCUT2D eigenvalue weighted by Crippen LogP contribution is 2.37. The molecule has 0 bridgehead atoms. The number of nitrogens with zero attached hydrogens (tertiary/aromatic N) is 2. The van der Waals surface area contributed by atoms with Gasteiger partial charge in [0.25, 0.3) is 0 Å². The van der Waals surface area contributed by atoms with Gasteiger partial charge in [-0.05, 0) is 6.07 Å². The van der Waals surface area contributed by atoms with Crippen molar-refractivity contribution < 1.29 is 23.0 Å². The maximum Gasteiger partial charge on any atom is 0.358 e. The van der Waals surface area contributed by atoms with Crippen LogP contribution >= 0.6 is 23.2 Å². The van der Waals surface area contributed by atoms with E-state index in [4.69, 9.17) is 33.7 Å². The maximum atomic E-state index is 14.4. The van der Waals surface area contributed by atoms with Crippen molar-refractivity contribution in [1.82, 2.24) is 9.97 Å². The van der Waals surface area contributed by atoms with Crippen molar-refractivity contribution >= 4 is 35.0 Å². The minimum Gasteiger partial charge on any atom is -0.492 e. The van der Waals surface area contributed by atoms with Crippen LogP contribution in [0, 0.1) is 11.6 Å². The summed E-state index contributed by atoms with van der Waals surface area (Å²) in [5.41, 5.74) is 4.47. The average Bonchev–Trinajstić information content (AvgIpc) is 2.49. The molecule has 0 fully saturated rings. The fourth-order valence-electron chi connectivity index (χ4n) is 1.77. The Morgan fingerprint density at radius 3 is 2.48 bits per heavy atom. The van der Waals surface area contributed by atoms with Crippen LogP contribution in [0.15, 0.2) is 6.07 Å². The van der Waals surface area contributed by atoms with E-state index in [0.29, 0.717) is 0 Å². The summed E-state index contributed by atoms with van der Waals surface area (Å²) in [6, 6.07) is 0.824. The first-order valence-electron chi connectivity index (χ1n) is 5.95. The Hall–Kier alpha value is -2.19. The van der Waals surface area contributed by atoms with Crippen LogP contribution in [0.1, 0.15) is 10.5 Å². The van der Waals surface area contributed by atoms with Gasteiger partial charge in [-0.15, -0.1) is 0 Å². The zero-order valence-corrected chi connectivity index (χ0v) is 13.3. The second-order valence-electron chi connectivity index (χ2n) is 4.15. The first-order valence-corrected chi connectivity index (χ1v) is 6.70. The lowest BCUT2D eigenvalue weighted by atomic mass is 10.1. The number of ether oxygens (including phenoxy) is 2. The van der Waals surface area contributed by atoms with E-state index in [2.05, 4.69) is 14.7 Å². The number of hydrogen-bond acceptors (Lipinski definition) is 6. The molecule has 122 valence electrons. The number of methoxy groups -OCH3 is 2. The Morgan fingerprint density at radius 2 is 1.91 bits per heavy atom. The second kappa shape index (κ2) is 6.51. The van der Waals surface area contributed by atoms with E-state index in [1.165, 1.54) is 0 Å². The summed E-state index contributed by atoms with van der Waals surface area (Å²) in [7, 11) is 2.24. The predicted octanol–water partition coefficient (Wildman–Crippen LogP) is 3.11. The standard InChI is InChI=1S/C13H9Cl2F2N3O3/c1-22-10-4(14)3-5(16)6(8(10)17)12-19-9(13(21)23-2)7(15)11(18)20-12/h3H,1-2H3,(H2,18,19,20). The molecular formula is C13H9Cl2F2N3O3. The van der Waals surface area contributed by atoms with Crippen molar-refractivity contribution in [2.75, 3.05) is 20.0 Å². The van der Waals surface area contributed by atoms with E-state index in [1.54, 1.807) is 0 Å². The molecule has 1 heterocycles. The molecule has 0 amide bonds. The molecule has 0 aliphatic carbocycles. The second-order valence-corrected chi connectivity index (χ2v) is 4.93. The Kier molecular flexibility index (Phi) is 4.86. The third-order valence-electron chi connectivity index (χ3n) is 2.81. The fourth-order valence-corrected chi connectivity index (χ4v) is 2.19. The van der Waals surface area contributed by atoms with Gasteiger partial charge >= 0.3 is 5.97 Å². The van der Waals surface area contributed by atoms with Gasteiger partial charge in [-0.3, -0.25) is 0 Å². The summed E-state index contributed by atoms with van der Waals surface area (Å²) in [5.74, 6) is -4.39. The lowest BCUT2D eigenvalue weighted by Gasteiger charge is -2.11. The predicted molar refractivity (Wildman–Crippen MR) is 79.7 cm³/mol. The fraction of sp³-hybridized carbons (Fsp3) is 0.154. The lowest BCUT2D eigenvalue weighted by molar-refractivity contribution is 0.0594. The largest absolute Gasteiger partial charge is 0.492 e. The van der Waals surface area contributed by atoms with Gasteiger partial charge in [0.05, 0.1) is 24.8 Å². The van der Waals surface area contributed by atoms with Crippen molar-refractivity contribution in [2.45, 2.75) is 0 Å². The van der Waals surface area contributed by atoms with E-state index in [0.717, 1.165) is 20.3 Å². The number of nitrogens with two attached hydrogens (primary N) is 1. The molecule has 10 heteroatoms. The van der Waals surface area contributed by atoms with Crippen molar-refractivity contribution in [1.29, 1.82) is 0 Å². The van der Waals surface area contributed by atoms with Gasteiger partial charge in [0.1, 0.15) is 16.7 Å². The van der Waals surface area contributed by atoms with Crippen molar-refractivity contribution in [2.24, 2.45) is 0 Å². The molecule has 1 aromatic carbocycles. The molecular weight excluding hydrogens is 355 g/mol. The van der Waals surface area contributed by atoms with E-state index < -0.39 is 40.4 Å². The smallest absolute Gasteiger partial charge is 0.358 e. The highest BCUT2D eigenvalue weighted by molar-refractivity contribution is 6.35. The van der Waals surface area contributed by atoms with Crippen LogP contribution in [0.25, 0.3) is 11.4 Å². The van der Waals surface area contributed by atoms with Crippen LogP contribution < -0.4 is 10.5 Å². The van der Waals surface area contributed by atoms with Gasteiger partial charge in [-0.25, -0.2) is 23.5 Å². The average molecular weight is 364 g/mol. The maximum absolute atomic E-state index is 14.4. The van der Waals surface area contributed by atoms with E-state index in [9.17, 15) is 13.6 Å². The lowest BCUT2D eigenvalue weighted by Crippen LogP contribution is -2.11. The number of carbonyl (C=O) groups is 1. The van der Waals surface area contributed by atoms with Crippen LogP contribution in [0.5, 0.6) is 5.75 Å². The molecule has 0 saturated heterocycles. The summed E-state index contributed by atoms with van der Waals surface area (Å²) < 4.78 is 37.8. The first-order chi connectivity index (χ1) is 10.8. The van der Waals surface area contributed by atoms with Crippen molar-refractivity contribution in [3.05, 3.63) is 33.4 Å². The molecule has 0 spiro atoms. The number of hydrogen-bond donors (Lipinski definition) is 1. The molecule has 0 aliphatic rings. The topological polar surface area (TPSA) is 87.3 Å². The monoisotopic (exact) mass is 363 g/mol. The minimum atomic E-state index is -1.14. The number of anilines is 1. The number of aromatic nitrogens is 2. The normalized spacial score (nSPS) is 10.5. The first kappa shape index (κ1) is 17.2. The molecule has 2 aromatic rings. The van der Waals surface area contributed by atoms with Crippen LogP contribution in [-0.2, 0) is 4.74 Å². The molecule has 2 rings (SSSR count). The number of benzene rings is 1. The highest BCUT2D eigenvalue weighted by atomic mass is 35.5. The molecule has 0 unspecified atom stereocenters. The molecule has 0 saturated carbocycles. The molecule has 0 aliphatic heterocycles. The number of carbonyl (C=O) groups excluding carboxylic acids is 1. The van der Waals surface area contributed by atoms with Gasteiger partial charge in [-0.1, -0.05) is 23.2 Å². The zero-order chi connectivity index (χ0) is 17.3. The third kappa shape index (κ3) is 2.99. The molecule has 23 heavy (non-hydrogen) atoms. The summed E-state index contributed by atoms with van der Waals surface area (Å²) in [4.78, 5) is 19.1. The number of rotatable bonds is 3. The zero-order valence-electron chi connectivity index (χ0n) is 11.8. The van der Waals surface area contributed by atoms with Gasteiger partial charge < -0.3 is 15.2 Å². The Bertz CT molecular complexity index is 803. The van der Waals surface area contributed by atoms with Crippen LogP contribution in [0.3, 0.4) is 0 Å². The van der Waals surface area contributed by atoms with Crippen molar-refractivity contribution in [3.63, 3.8) is 0 Å². The minimum absolute atomic E-state index is 0.277. The Labute approximate surface area is 139 Å². The SMILES string of the molecule is COC(=O)c1nc(-c2c(F)cc(Cl)c(OC)c2F)nc(N)c1Cl. The van der Waals surface area contributed by atoms with E-state index in [-0.39, 0.29) is 15.9 Å². The van der Waals surface area contributed by atoms with Gasteiger partial charge in [0.2, 0.25) is 0 Å². The highest BCUT2D eigenvalue weighted by Gasteiger charge is 2.25. The number of esters is 1. The van der Waals surface area contributed by atoms with Gasteiger partial charge in [-0.2, -0.15) is 0 Å². The molecule has 1 aromatic heterocycles. The van der Waals surface area contributed by atoms with Crippen LogP contribution in [-0.4, -0.2) is 30.2 Å². The summed E-state index contributed by atoms with van der Waals surface area (Å²) in [6.07, 6.45) is 0. The van der Waals surface area contributed by atoms with Crippen LogP contribution in [0.2, 0.25) is 10.0 Å². The van der Waals surface area contributed by atoms with Gasteiger partial charge in [0, 0.05) is 0 Å². The van der Waals surface area contributed by atoms with Crippen LogP contribution in [0.4, 0.5) is 14.6 Å². The quantitative estimate of drug-likeness (QED) is 0.843. The van der Waals surface area contributed by atoms with Gasteiger partial charge in [0.15, 0.2) is 23.1 Å². The summed E-state index contributed by atoms with van der Waals surface area (Å²) in [5, 5.41) is -0.566. The molecule has 0 radical (unpaired) electrons. The van der Waals surface area contributed by atoms with Crippen molar-refractivity contribution in [3.8, 4) is 17.1 Å². The number of nitrogen functional groups attached to an aromatic ring is 1. The molecule has 0 atom stereocenters. The summed E-state index contributed by atoms with van der Waals surface area (Å²) >= 11 is 11.5. The number of halogens is 4. The summed E-state index contributed by atoms with van der Waals surface area (Å²) in [6.45, 7) is 0. The molecule has 6 nitrogen and oxygen atoms in total. The molecule has 2 N–H and O–H groups in total. The van der Waals surface area contributed by atoms with E-state index in [1.807, 2.05) is 0 Å².